The summed E-state index contributed by atoms with van der Waals surface area (Å²) in [6.45, 7) is 6.24. The molecule has 2 aromatic rings. The highest BCUT2D eigenvalue weighted by Crippen LogP contribution is 2.22. The molecule has 0 bridgehead atoms. The molecule has 0 aliphatic heterocycles. The molecule has 12 heteroatoms. The molecule has 0 saturated heterocycles. The first-order chi connectivity index (χ1) is 15.1. The third kappa shape index (κ3) is 8.77. The number of carbonyl (C=O) groups is 2. The lowest BCUT2D eigenvalue weighted by Crippen LogP contribution is -2.39. The summed E-state index contributed by atoms with van der Waals surface area (Å²) < 4.78 is 44.4. The fourth-order valence-corrected chi connectivity index (χ4v) is 2.40. The second kappa shape index (κ2) is 11.3. The first-order valence-electron chi connectivity index (χ1n) is 9.42. The Kier molecular flexibility index (Phi) is 9.35. The molecule has 0 aliphatic carbocycles. The number of halogens is 3. The maximum atomic E-state index is 13.2. The van der Waals surface area contributed by atoms with Gasteiger partial charge in [-0.1, -0.05) is 0 Å². The summed E-state index contributed by atoms with van der Waals surface area (Å²) in [6.07, 6.45) is -2.03. The van der Waals surface area contributed by atoms with E-state index < -0.39 is 52.2 Å². The van der Waals surface area contributed by atoms with Gasteiger partial charge in [-0.2, -0.15) is 0 Å². The lowest BCUT2D eigenvalue weighted by Gasteiger charge is -2.25. The van der Waals surface area contributed by atoms with Crippen molar-refractivity contribution in [2.24, 2.45) is 0 Å². The van der Waals surface area contributed by atoms with E-state index >= 15 is 0 Å². The molecule has 0 fully saturated rings. The number of rotatable bonds is 5. The van der Waals surface area contributed by atoms with Gasteiger partial charge in [0.05, 0.1) is 22.6 Å². The van der Waals surface area contributed by atoms with Crippen molar-refractivity contribution in [3.8, 4) is 0 Å². The number of aliphatic hydroxyl groups excluding tert-OH is 1. The largest absolute Gasteiger partial charge is 0.478 e. The van der Waals surface area contributed by atoms with Crippen LogP contribution < -0.4 is 5.32 Å². The molecular weight excluding hydrogens is 449 g/mol. The zero-order valence-corrected chi connectivity index (χ0v) is 18.1. The highest BCUT2D eigenvalue weighted by Gasteiger charge is 2.25. The molecule has 0 saturated carbocycles. The van der Waals surface area contributed by atoms with Crippen LogP contribution in [0.25, 0.3) is 0 Å². The molecule has 0 aliphatic rings. The van der Waals surface area contributed by atoms with Crippen molar-refractivity contribution in [1.82, 2.24) is 5.32 Å². The van der Waals surface area contributed by atoms with Crippen LogP contribution in [-0.4, -0.2) is 38.9 Å². The minimum atomic E-state index is -1.61. The number of aromatic carboxylic acids is 1. The van der Waals surface area contributed by atoms with E-state index in [2.05, 4.69) is 5.32 Å². The van der Waals surface area contributed by atoms with Crippen LogP contribution in [0.2, 0.25) is 0 Å². The van der Waals surface area contributed by atoms with Gasteiger partial charge in [0.25, 0.3) is 5.69 Å². The number of nitrogens with zero attached hydrogens (tertiary/aromatic N) is 1. The molecule has 2 rings (SSSR count). The van der Waals surface area contributed by atoms with Crippen molar-refractivity contribution in [3.05, 3.63) is 75.1 Å². The van der Waals surface area contributed by atoms with Crippen LogP contribution in [-0.2, 0) is 4.74 Å². The Hall–Kier alpha value is -3.67. The van der Waals surface area contributed by atoms with Crippen LogP contribution in [0.15, 0.2) is 36.4 Å². The van der Waals surface area contributed by atoms with E-state index in [4.69, 9.17) is 9.84 Å². The minimum Gasteiger partial charge on any atom is -0.478 e. The minimum absolute atomic E-state index is 0.0422. The molecule has 3 N–H and O–H groups in total. The number of nitrogens with one attached hydrogen (secondary N) is 1. The highest BCUT2D eigenvalue weighted by atomic mass is 19.2. The smallest absolute Gasteiger partial charge is 0.408 e. The molecule has 0 radical (unpaired) electrons. The maximum Gasteiger partial charge on any atom is 0.408 e. The number of nitro groups is 1. The Morgan fingerprint density at radius 3 is 1.94 bits per heavy atom. The quantitative estimate of drug-likeness (QED) is 0.334. The number of aliphatic hydroxyl groups is 1. The molecule has 0 spiro atoms. The maximum absolute atomic E-state index is 13.2. The molecule has 180 valence electrons. The predicted molar refractivity (Wildman–Crippen MR) is 110 cm³/mol. The second-order valence-electron chi connectivity index (χ2n) is 7.77. The molecule has 0 aromatic heterocycles. The van der Waals surface area contributed by atoms with Gasteiger partial charge in [-0.05, 0) is 57.5 Å². The fraction of sp³-hybridized carbons (Fsp3) is 0.333. The van der Waals surface area contributed by atoms with E-state index in [-0.39, 0.29) is 16.8 Å². The van der Waals surface area contributed by atoms with Crippen molar-refractivity contribution in [1.29, 1.82) is 0 Å². The van der Waals surface area contributed by atoms with Gasteiger partial charge in [0.1, 0.15) is 5.60 Å². The molecule has 0 unspecified atom stereocenters. The van der Waals surface area contributed by atoms with Crippen LogP contribution >= 0.6 is 0 Å². The zero-order chi connectivity index (χ0) is 25.5. The average molecular weight is 472 g/mol. The Morgan fingerprint density at radius 2 is 1.58 bits per heavy atom. The Balaban J connectivity index is 0.000000383. The summed E-state index contributed by atoms with van der Waals surface area (Å²) in [5.74, 6) is -5.51. The zero-order valence-electron chi connectivity index (χ0n) is 18.1. The van der Waals surface area contributed by atoms with E-state index in [1.807, 2.05) is 0 Å². The number of carbonyl (C=O) groups excluding carboxylic acids is 1. The van der Waals surface area contributed by atoms with Crippen LogP contribution in [0, 0.1) is 27.6 Å². The molecule has 1 amide bonds. The summed E-state index contributed by atoms with van der Waals surface area (Å²) in [4.78, 5) is 31.6. The lowest BCUT2D eigenvalue weighted by atomic mass is 10.0. The van der Waals surface area contributed by atoms with Crippen molar-refractivity contribution in [3.63, 3.8) is 0 Å². The van der Waals surface area contributed by atoms with E-state index in [0.717, 1.165) is 12.1 Å². The van der Waals surface area contributed by atoms with Gasteiger partial charge in [-0.25, -0.2) is 22.8 Å². The lowest BCUT2D eigenvalue weighted by molar-refractivity contribution is -0.384. The van der Waals surface area contributed by atoms with Crippen LogP contribution in [0.1, 0.15) is 49.7 Å². The number of amides is 1. The standard InChI is InChI=1S/C14H18F3NO3.C7H5NO4/c1-7(19)12(18-13(20)21-14(2,3)4)8-5-9(15)11(17)10(16)6-8;9-7(10)5-1-3-6(4-2-5)8(11)12/h5-7,12,19H,1-4H3,(H,18,20);1-4H,(H,9,10)/t7-,12+;/m1./s1. The van der Waals surface area contributed by atoms with Crippen LogP contribution in [0.3, 0.4) is 0 Å². The monoisotopic (exact) mass is 472 g/mol. The summed E-state index contributed by atoms with van der Waals surface area (Å²) in [5.41, 5.74) is -0.944. The molecule has 2 atom stereocenters. The van der Waals surface area contributed by atoms with Gasteiger partial charge in [-0.3, -0.25) is 10.1 Å². The molecule has 9 nitrogen and oxygen atoms in total. The van der Waals surface area contributed by atoms with Crippen molar-refractivity contribution in [2.45, 2.75) is 45.4 Å². The van der Waals surface area contributed by atoms with Gasteiger partial charge in [0.2, 0.25) is 0 Å². The number of non-ortho nitro benzene ring substituents is 1. The Labute approximate surface area is 187 Å². The highest BCUT2D eigenvalue weighted by molar-refractivity contribution is 5.87. The normalized spacial score (nSPS) is 12.6. The number of nitro benzene ring substituents is 1. The number of ether oxygens (including phenoxy) is 1. The van der Waals surface area contributed by atoms with E-state index in [9.17, 15) is 38.0 Å². The Morgan fingerprint density at radius 1 is 1.09 bits per heavy atom. The van der Waals surface area contributed by atoms with Gasteiger partial charge >= 0.3 is 12.1 Å². The molecular formula is C21H23F3N2O7. The number of carboxylic acids is 1. The molecule has 33 heavy (non-hydrogen) atoms. The SMILES string of the molecule is C[C@@H](O)[C@H](NC(=O)OC(C)(C)C)c1cc(F)c(F)c(F)c1.O=C(O)c1ccc([N+](=O)[O-])cc1. The second-order valence-corrected chi connectivity index (χ2v) is 7.77. The molecule has 2 aromatic carbocycles. The first kappa shape index (κ1) is 27.4. The van der Waals surface area contributed by atoms with Gasteiger partial charge in [0.15, 0.2) is 17.5 Å². The van der Waals surface area contributed by atoms with Crippen LogP contribution in [0.5, 0.6) is 0 Å². The topological polar surface area (TPSA) is 139 Å². The first-order valence-corrected chi connectivity index (χ1v) is 9.42. The van der Waals surface area contributed by atoms with E-state index in [0.29, 0.717) is 12.1 Å². The van der Waals surface area contributed by atoms with Crippen LogP contribution in [0.4, 0.5) is 23.7 Å². The summed E-state index contributed by atoms with van der Waals surface area (Å²) >= 11 is 0. The number of alkyl carbamates (subject to hydrolysis) is 1. The number of carboxylic acid groups (broad SMARTS) is 1. The molecule has 0 heterocycles. The van der Waals surface area contributed by atoms with Crippen molar-refractivity contribution >= 4 is 17.7 Å². The Bertz CT molecular complexity index is 950. The summed E-state index contributed by atoms with van der Waals surface area (Å²) in [6, 6.07) is 5.00. The number of hydrogen-bond acceptors (Lipinski definition) is 6. The third-order valence-corrected chi connectivity index (χ3v) is 3.84. The summed E-state index contributed by atoms with van der Waals surface area (Å²) in [5, 5.41) is 30.5. The van der Waals surface area contributed by atoms with E-state index in [1.54, 1.807) is 20.8 Å². The van der Waals surface area contributed by atoms with Gasteiger partial charge in [-0.15, -0.1) is 0 Å². The third-order valence-electron chi connectivity index (χ3n) is 3.84. The summed E-state index contributed by atoms with van der Waals surface area (Å²) in [7, 11) is 0. The predicted octanol–water partition coefficient (Wildman–Crippen LogP) is 4.34. The fourth-order valence-electron chi connectivity index (χ4n) is 2.40. The van der Waals surface area contributed by atoms with Gasteiger partial charge < -0.3 is 20.3 Å². The van der Waals surface area contributed by atoms with Gasteiger partial charge in [0, 0.05) is 12.1 Å². The van der Waals surface area contributed by atoms with E-state index in [1.165, 1.54) is 19.1 Å². The van der Waals surface area contributed by atoms with Crippen molar-refractivity contribution in [2.75, 3.05) is 0 Å². The number of hydrogen-bond donors (Lipinski definition) is 3. The average Bonchev–Trinajstić information content (AvgIpc) is 2.69. The van der Waals surface area contributed by atoms with Crippen molar-refractivity contribution < 1.29 is 42.6 Å². The number of benzene rings is 2.